The highest BCUT2D eigenvalue weighted by Crippen LogP contribution is 2.46. The van der Waals surface area contributed by atoms with Crippen LogP contribution in [0.5, 0.6) is 0 Å². The smallest absolute Gasteiger partial charge is 0.248 e. The van der Waals surface area contributed by atoms with E-state index < -0.39 is 0 Å². The first-order valence-corrected chi connectivity index (χ1v) is 9.65. The Balaban J connectivity index is 1.59. The number of hydrogen-bond donors (Lipinski definition) is 2. The van der Waals surface area contributed by atoms with E-state index in [-0.39, 0.29) is 5.91 Å². The van der Waals surface area contributed by atoms with Crippen molar-refractivity contribution in [1.29, 1.82) is 0 Å². The Morgan fingerprint density at radius 1 is 1.31 bits per heavy atom. The average Bonchev–Trinajstić information content (AvgIpc) is 3.24. The van der Waals surface area contributed by atoms with Crippen LogP contribution in [-0.2, 0) is 6.54 Å². The van der Waals surface area contributed by atoms with E-state index in [1.165, 1.54) is 5.56 Å². The number of carbonyl (C=O) groups excluding carboxylic acids is 1. The number of rotatable bonds is 6. The van der Waals surface area contributed by atoms with Gasteiger partial charge in [-0.05, 0) is 55.0 Å². The number of anilines is 1. The molecule has 1 aromatic carbocycles. The SMILES string of the molecule is Cc1c(C(N)=O)ccc(-c2cnc3c(NCc4ccco4)nccn23)c1C1CC1. The maximum Gasteiger partial charge on any atom is 0.248 e. The zero-order valence-electron chi connectivity index (χ0n) is 16.1. The minimum absolute atomic E-state index is 0.386. The van der Waals surface area contributed by atoms with Gasteiger partial charge in [-0.25, -0.2) is 9.97 Å². The van der Waals surface area contributed by atoms with Crippen molar-refractivity contribution in [2.45, 2.75) is 32.2 Å². The van der Waals surface area contributed by atoms with Gasteiger partial charge < -0.3 is 15.5 Å². The van der Waals surface area contributed by atoms with Gasteiger partial charge in [0.2, 0.25) is 5.91 Å². The summed E-state index contributed by atoms with van der Waals surface area (Å²) in [4.78, 5) is 20.9. The van der Waals surface area contributed by atoms with Crippen molar-refractivity contribution in [3.8, 4) is 11.3 Å². The third-order valence-electron chi connectivity index (χ3n) is 5.48. The zero-order valence-corrected chi connectivity index (χ0v) is 16.1. The maximum absolute atomic E-state index is 11.8. The van der Waals surface area contributed by atoms with Gasteiger partial charge >= 0.3 is 0 Å². The number of aromatic nitrogens is 3. The Hall–Kier alpha value is -3.61. The summed E-state index contributed by atoms with van der Waals surface area (Å²) in [6, 6.07) is 7.57. The lowest BCUT2D eigenvalue weighted by Crippen LogP contribution is -2.14. The van der Waals surface area contributed by atoms with E-state index in [1.54, 1.807) is 12.5 Å². The van der Waals surface area contributed by atoms with Crippen molar-refractivity contribution in [2.75, 3.05) is 5.32 Å². The molecule has 1 amide bonds. The first-order chi connectivity index (χ1) is 14.1. The molecular weight excluding hydrogens is 366 g/mol. The number of carbonyl (C=O) groups is 1. The molecule has 0 aliphatic heterocycles. The number of nitrogens with two attached hydrogens (primary N) is 1. The summed E-state index contributed by atoms with van der Waals surface area (Å²) in [6.07, 6.45) is 9.43. The molecule has 146 valence electrons. The second-order valence-corrected chi connectivity index (χ2v) is 7.38. The molecule has 1 fully saturated rings. The number of furan rings is 1. The molecule has 0 bridgehead atoms. The van der Waals surface area contributed by atoms with Crippen LogP contribution in [0.25, 0.3) is 16.9 Å². The number of primary amides is 1. The van der Waals surface area contributed by atoms with Crippen LogP contribution in [0.3, 0.4) is 0 Å². The molecule has 3 heterocycles. The Kier molecular flexibility index (Phi) is 4.08. The molecule has 0 spiro atoms. The summed E-state index contributed by atoms with van der Waals surface area (Å²) in [5.41, 5.74) is 11.1. The predicted molar refractivity (Wildman–Crippen MR) is 110 cm³/mol. The monoisotopic (exact) mass is 387 g/mol. The normalized spacial score (nSPS) is 13.7. The lowest BCUT2D eigenvalue weighted by molar-refractivity contribution is 0.0999. The summed E-state index contributed by atoms with van der Waals surface area (Å²) >= 11 is 0. The molecule has 5 rings (SSSR count). The van der Waals surface area contributed by atoms with Crippen LogP contribution in [-0.4, -0.2) is 20.3 Å². The van der Waals surface area contributed by atoms with Gasteiger partial charge in [0.25, 0.3) is 0 Å². The molecule has 0 radical (unpaired) electrons. The Labute approximate surface area is 167 Å². The molecule has 0 atom stereocenters. The highest BCUT2D eigenvalue weighted by atomic mass is 16.3. The van der Waals surface area contributed by atoms with Gasteiger partial charge in [-0.1, -0.05) is 6.07 Å². The molecule has 4 aromatic rings. The van der Waals surface area contributed by atoms with Crippen LogP contribution < -0.4 is 11.1 Å². The molecular formula is C22H21N5O2. The molecule has 3 N–H and O–H groups in total. The Bertz CT molecular complexity index is 1210. The topological polar surface area (TPSA) is 98.5 Å². The number of hydrogen-bond acceptors (Lipinski definition) is 5. The first-order valence-electron chi connectivity index (χ1n) is 9.65. The second-order valence-electron chi connectivity index (χ2n) is 7.38. The first kappa shape index (κ1) is 17.5. The Morgan fingerprint density at radius 3 is 2.90 bits per heavy atom. The third kappa shape index (κ3) is 3.04. The number of benzene rings is 1. The molecule has 1 aliphatic rings. The number of nitrogens with zero attached hydrogens (tertiary/aromatic N) is 3. The van der Waals surface area contributed by atoms with Crippen molar-refractivity contribution in [3.63, 3.8) is 0 Å². The van der Waals surface area contributed by atoms with Crippen molar-refractivity contribution in [3.05, 3.63) is 71.6 Å². The third-order valence-corrected chi connectivity index (χ3v) is 5.48. The van der Waals surface area contributed by atoms with Gasteiger partial charge in [0.05, 0.1) is 24.7 Å². The molecule has 1 aliphatic carbocycles. The fraction of sp³-hybridized carbons (Fsp3) is 0.227. The van der Waals surface area contributed by atoms with E-state index >= 15 is 0 Å². The van der Waals surface area contributed by atoms with E-state index in [2.05, 4.69) is 15.3 Å². The van der Waals surface area contributed by atoms with Crippen LogP contribution in [0.15, 0.2) is 53.5 Å². The maximum atomic E-state index is 11.8. The minimum atomic E-state index is -0.386. The van der Waals surface area contributed by atoms with Crippen molar-refractivity contribution >= 4 is 17.4 Å². The van der Waals surface area contributed by atoms with Crippen molar-refractivity contribution in [2.24, 2.45) is 5.73 Å². The van der Waals surface area contributed by atoms with E-state index in [1.807, 2.05) is 48.0 Å². The van der Waals surface area contributed by atoms with Crippen LogP contribution in [0.2, 0.25) is 0 Å². The second kappa shape index (κ2) is 6.77. The lowest BCUT2D eigenvalue weighted by Gasteiger charge is -2.15. The van der Waals surface area contributed by atoms with Crippen LogP contribution in [0.1, 0.15) is 46.0 Å². The highest BCUT2D eigenvalue weighted by Gasteiger charge is 2.30. The number of amides is 1. The van der Waals surface area contributed by atoms with Crippen LogP contribution in [0, 0.1) is 6.92 Å². The van der Waals surface area contributed by atoms with E-state index in [9.17, 15) is 4.79 Å². The molecule has 0 saturated heterocycles. The van der Waals surface area contributed by atoms with Crippen LogP contribution in [0.4, 0.5) is 5.82 Å². The molecule has 3 aromatic heterocycles. The van der Waals surface area contributed by atoms with Gasteiger partial charge in [0, 0.05) is 23.5 Å². The summed E-state index contributed by atoms with van der Waals surface area (Å²) in [5.74, 6) is 1.60. The van der Waals surface area contributed by atoms with Crippen LogP contribution >= 0.6 is 0 Å². The van der Waals surface area contributed by atoms with Gasteiger partial charge in [-0.15, -0.1) is 0 Å². The summed E-state index contributed by atoms with van der Waals surface area (Å²) in [5, 5.41) is 3.29. The fourth-order valence-corrected chi connectivity index (χ4v) is 3.94. The van der Waals surface area contributed by atoms with E-state index in [0.717, 1.165) is 41.1 Å². The molecule has 7 heteroatoms. The average molecular weight is 387 g/mol. The number of nitrogens with one attached hydrogen (secondary N) is 1. The largest absolute Gasteiger partial charge is 0.467 e. The highest BCUT2D eigenvalue weighted by molar-refractivity contribution is 5.95. The van der Waals surface area contributed by atoms with E-state index in [4.69, 9.17) is 10.2 Å². The van der Waals surface area contributed by atoms with Gasteiger partial charge in [-0.2, -0.15) is 0 Å². The van der Waals surface area contributed by atoms with Gasteiger partial charge in [-0.3, -0.25) is 9.20 Å². The molecule has 1 saturated carbocycles. The summed E-state index contributed by atoms with van der Waals surface area (Å²) in [7, 11) is 0. The Morgan fingerprint density at radius 2 is 2.17 bits per heavy atom. The standard InChI is InChI=1S/C22H21N5O2/c1-13-16(20(23)28)6-7-17(19(13)14-4-5-14)18-12-26-22-21(24-8-9-27(18)22)25-11-15-3-2-10-29-15/h2-3,6-10,12,14H,4-5,11H2,1H3,(H2,23,28)(H,24,25). The summed E-state index contributed by atoms with van der Waals surface area (Å²) < 4.78 is 7.41. The number of fused-ring (bicyclic) bond motifs is 1. The van der Waals surface area contributed by atoms with Crippen molar-refractivity contribution < 1.29 is 9.21 Å². The molecule has 29 heavy (non-hydrogen) atoms. The number of imidazole rings is 1. The lowest BCUT2D eigenvalue weighted by atomic mass is 9.92. The van der Waals surface area contributed by atoms with Gasteiger partial charge in [0.1, 0.15) is 5.76 Å². The fourth-order valence-electron chi connectivity index (χ4n) is 3.94. The van der Waals surface area contributed by atoms with Gasteiger partial charge in [0.15, 0.2) is 11.5 Å². The summed E-state index contributed by atoms with van der Waals surface area (Å²) in [6.45, 7) is 2.51. The minimum Gasteiger partial charge on any atom is -0.467 e. The quantitative estimate of drug-likeness (QED) is 0.523. The van der Waals surface area contributed by atoms with Crippen molar-refractivity contribution in [1.82, 2.24) is 14.4 Å². The zero-order chi connectivity index (χ0) is 20.0. The van der Waals surface area contributed by atoms with E-state index in [0.29, 0.717) is 23.8 Å². The molecule has 0 unspecified atom stereocenters. The molecule has 7 nitrogen and oxygen atoms in total. The predicted octanol–water partition coefficient (Wildman–Crippen LogP) is 3.89.